The zero-order valence-corrected chi connectivity index (χ0v) is 40.9. The van der Waals surface area contributed by atoms with E-state index in [9.17, 15) is 19.4 Å². The summed E-state index contributed by atoms with van der Waals surface area (Å²) in [5.74, 6) is -0.149. The number of allylic oxidation sites excluding steroid dienone is 2. The molecular formula is C50H102N2O6P+. The van der Waals surface area contributed by atoms with Gasteiger partial charge in [-0.05, 0) is 38.5 Å². The highest BCUT2D eigenvalue weighted by molar-refractivity contribution is 7.47. The molecule has 1 amide bonds. The predicted molar refractivity (Wildman–Crippen MR) is 254 cm³/mol. The van der Waals surface area contributed by atoms with Crippen molar-refractivity contribution in [2.45, 2.75) is 264 Å². The van der Waals surface area contributed by atoms with Crippen molar-refractivity contribution in [2.75, 3.05) is 40.9 Å². The number of nitrogens with zero attached hydrogens (tertiary/aromatic N) is 1. The van der Waals surface area contributed by atoms with Crippen LogP contribution in [0.2, 0.25) is 0 Å². The molecule has 0 aromatic rings. The fourth-order valence-corrected chi connectivity index (χ4v) is 8.43. The third-order valence-electron chi connectivity index (χ3n) is 11.8. The normalized spacial score (nSPS) is 14.2. The molecule has 0 aromatic carbocycles. The summed E-state index contributed by atoms with van der Waals surface area (Å²) in [7, 11) is 1.62. The molecular weight excluding hydrogens is 756 g/mol. The number of likely N-dealkylation sites (N-methyl/N-ethyl adjacent to an activating group) is 1. The molecule has 0 aliphatic carbocycles. The van der Waals surface area contributed by atoms with E-state index in [1.165, 1.54) is 180 Å². The molecule has 0 aliphatic heterocycles. The number of unbranched alkanes of at least 4 members (excludes halogenated alkanes) is 32. The zero-order valence-electron chi connectivity index (χ0n) is 40.0. The van der Waals surface area contributed by atoms with Gasteiger partial charge in [-0.3, -0.25) is 13.8 Å². The second-order valence-corrected chi connectivity index (χ2v) is 20.4. The monoisotopic (exact) mass is 858 g/mol. The van der Waals surface area contributed by atoms with E-state index < -0.39 is 20.0 Å². The van der Waals surface area contributed by atoms with Gasteiger partial charge in [-0.1, -0.05) is 219 Å². The van der Waals surface area contributed by atoms with Gasteiger partial charge in [0, 0.05) is 6.42 Å². The Hall–Kier alpha value is -0.760. The highest BCUT2D eigenvalue weighted by atomic mass is 31.2. The van der Waals surface area contributed by atoms with Crippen LogP contribution < -0.4 is 5.32 Å². The number of aliphatic hydroxyl groups is 1. The molecule has 3 unspecified atom stereocenters. The molecule has 0 aromatic heterocycles. The van der Waals surface area contributed by atoms with Gasteiger partial charge in [0.05, 0.1) is 39.9 Å². The molecule has 59 heavy (non-hydrogen) atoms. The average Bonchev–Trinajstić information content (AvgIpc) is 3.19. The molecule has 0 saturated heterocycles. The third-order valence-corrected chi connectivity index (χ3v) is 12.7. The Morgan fingerprint density at radius 2 is 0.915 bits per heavy atom. The van der Waals surface area contributed by atoms with Gasteiger partial charge in [0.2, 0.25) is 5.91 Å². The van der Waals surface area contributed by atoms with E-state index in [0.717, 1.165) is 44.9 Å². The minimum Gasteiger partial charge on any atom is -0.391 e. The number of aliphatic hydroxyl groups excluding tert-OH is 1. The molecule has 8 nitrogen and oxygen atoms in total. The van der Waals surface area contributed by atoms with Crippen LogP contribution in [-0.2, 0) is 18.4 Å². The largest absolute Gasteiger partial charge is 0.472 e. The fourth-order valence-electron chi connectivity index (χ4n) is 7.69. The Kier molecular flexibility index (Phi) is 42.0. The first kappa shape index (κ1) is 58.2. The highest BCUT2D eigenvalue weighted by Crippen LogP contribution is 2.43. The number of hydrogen-bond donors (Lipinski definition) is 3. The summed E-state index contributed by atoms with van der Waals surface area (Å²) in [4.78, 5) is 23.2. The Bertz CT molecular complexity index is 974. The van der Waals surface area contributed by atoms with Gasteiger partial charge < -0.3 is 19.8 Å². The van der Waals surface area contributed by atoms with Crippen molar-refractivity contribution in [3.8, 4) is 0 Å². The predicted octanol–water partition coefficient (Wildman–Crippen LogP) is 14.7. The maximum absolute atomic E-state index is 12.9. The molecule has 9 heteroatoms. The van der Waals surface area contributed by atoms with Gasteiger partial charge in [-0.2, -0.15) is 0 Å². The van der Waals surface area contributed by atoms with Crippen LogP contribution in [0.1, 0.15) is 251 Å². The van der Waals surface area contributed by atoms with Crippen molar-refractivity contribution in [1.82, 2.24) is 5.32 Å². The van der Waals surface area contributed by atoms with E-state index in [1.54, 1.807) is 0 Å². The standard InChI is InChI=1S/C50H101N2O6P/c1-6-8-10-12-14-16-18-20-22-24-26-27-29-31-33-35-37-39-41-43-49(53)48(47-58-59(55,56)57-46-45-52(3,4)5)51-50(54)44-42-40-38-36-34-32-30-28-25-23-21-19-17-15-13-11-9-7-2/h28,30,48-49,53H,6-27,29,31-47H2,1-5H3,(H-,51,54,55,56)/p+1/b30-28-. The van der Waals surface area contributed by atoms with Crippen molar-refractivity contribution < 1.29 is 32.9 Å². The summed E-state index contributed by atoms with van der Waals surface area (Å²) >= 11 is 0. The maximum atomic E-state index is 12.9. The number of rotatable bonds is 47. The van der Waals surface area contributed by atoms with Crippen LogP contribution in [0.15, 0.2) is 12.2 Å². The number of carbonyl (C=O) groups excluding carboxylic acids is 1. The third kappa shape index (κ3) is 45.1. The molecule has 0 aliphatic rings. The summed E-state index contributed by atoms with van der Waals surface area (Å²) in [6.45, 7) is 4.91. The molecule has 0 saturated carbocycles. The first-order valence-corrected chi connectivity index (χ1v) is 27.0. The Morgan fingerprint density at radius 1 is 0.559 bits per heavy atom. The van der Waals surface area contributed by atoms with Gasteiger partial charge in [-0.25, -0.2) is 4.57 Å². The number of hydrogen-bond acceptors (Lipinski definition) is 5. The van der Waals surface area contributed by atoms with Crippen LogP contribution >= 0.6 is 7.82 Å². The molecule has 3 N–H and O–H groups in total. The molecule has 0 fully saturated rings. The number of phosphoric ester groups is 1. The van der Waals surface area contributed by atoms with Gasteiger partial charge >= 0.3 is 7.82 Å². The number of carbonyl (C=O) groups is 1. The topological polar surface area (TPSA) is 105 Å². The minimum absolute atomic E-state index is 0.0753. The lowest BCUT2D eigenvalue weighted by Gasteiger charge is -2.26. The number of quaternary nitrogens is 1. The summed E-state index contributed by atoms with van der Waals surface area (Å²) in [5.41, 5.74) is 0. The van der Waals surface area contributed by atoms with E-state index in [4.69, 9.17) is 9.05 Å². The quantitative estimate of drug-likeness (QED) is 0.0244. The molecule has 0 spiro atoms. The van der Waals surface area contributed by atoms with Gasteiger partial charge in [0.15, 0.2) is 0 Å². The Balaban J connectivity index is 4.27. The second kappa shape index (κ2) is 42.5. The average molecular weight is 858 g/mol. The smallest absolute Gasteiger partial charge is 0.391 e. The fraction of sp³-hybridized carbons (Fsp3) is 0.940. The van der Waals surface area contributed by atoms with E-state index in [1.807, 2.05) is 21.1 Å². The van der Waals surface area contributed by atoms with Crippen LogP contribution in [0, 0.1) is 0 Å². The van der Waals surface area contributed by atoms with E-state index in [-0.39, 0.29) is 19.1 Å². The Labute approximate surface area is 367 Å². The summed E-state index contributed by atoms with van der Waals surface area (Å²) < 4.78 is 23.7. The zero-order chi connectivity index (χ0) is 43.6. The van der Waals surface area contributed by atoms with Gasteiger partial charge in [0.25, 0.3) is 0 Å². The van der Waals surface area contributed by atoms with Crippen LogP contribution in [0.5, 0.6) is 0 Å². The van der Waals surface area contributed by atoms with Crippen LogP contribution in [0.4, 0.5) is 0 Å². The molecule has 0 rings (SSSR count). The molecule has 0 heterocycles. The van der Waals surface area contributed by atoms with Crippen molar-refractivity contribution in [3.05, 3.63) is 12.2 Å². The number of nitrogens with one attached hydrogen (secondary N) is 1. The van der Waals surface area contributed by atoms with Crippen molar-refractivity contribution in [1.29, 1.82) is 0 Å². The van der Waals surface area contributed by atoms with Crippen LogP contribution in [-0.4, -0.2) is 73.4 Å². The summed E-state index contributed by atoms with van der Waals surface area (Å²) in [5, 5.41) is 14.0. The maximum Gasteiger partial charge on any atom is 0.472 e. The van der Waals surface area contributed by atoms with E-state index >= 15 is 0 Å². The molecule has 352 valence electrons. The van der Waals surface area contributed by atoms with Gasteiger partial charge in [-0.15, -0.1) is 0 Å². The van der Waals surface area contributed by atoms with Crippen molar-refractivity contribution in [2.24, 2.45) is 0 Å². The summed E-state index contributed by atoms with van der Waals surface area (Å²) in [6, 6.07) is -0.761. The first-order valence-electron chi connectivity index (χ1n) is 25.6. The first-order chi connectivity index (χ1) is 28.5. The molecule has 0 radical (unpaired) electrons. The SMILES string of the molecule is CCCCCCCCCCC/C=C\CCCCCCCC(=O)NC(COP(=O)(O)OCC[N+](C)(C)C)C(O)CCCCCCCCCCCCCCCCCCCCC. The number of phosphoric acid groups is 1. The van der Waals surface area contributed by atoms with Crippen LogP contribution in [0.25, 0.3) is 0 Å². The van der Waals surface area contributed by atoms with Crippen molar-refractivity contribution in [3.63, 3.8) is 0 Å². The number of amides is 1. The molecule has 3 atom stereocenters. The summed E-state index contributed by atoms with van der Waals surface area (Å²) in [6.07, 6.45) is 49.6. The lowest BCUT2D eigenvalue weighted by Crippen LogP contribution is -2.46. The lowest BCUT2D eigenvalue weighted by atomic mass is 10.0. The Morgan fingerprint density at radius 3 is 1.31 bits per heavy atom. The second-order valence-electron chi connectivity index (χ2n) is 18.9. The molecule has 0 bridgehead atoms. The van der Waals surface area contributed by atoms with E-state index in [2.05, 4.69) is 31.3 Å². The van der Waals surface area contributed by atoms with Crippen molar-refractivity contribution >= 4 is 13.7 Å². The van der Waals surface area contributed by atoms with Gasteiger partial charge in [0.1, 0.15) is 13.2 Å². The van der Waals surface area contributed by atoms with E-state index in [0.29, 0.717) is 23.9 Å². The minimum atomic E-state index is -4.32. The van der Waals surface area contributed by atoms with Crippen LogP contribution in [0.3, 0.4) is 0 Å². The highest BCUT2D eigenvalue weighted by Gasteiger charge is 2.28. The lowest BCUT2D eigenvalue weighted by molar-refractivity contribution is -0.870.